The first-order valence-electron chi connectivity index (χ1n) is 12.8. The molecule has 0 atom stereocenters. The minimum absolute atomic E-state index is 0.141. The van der Waals surface area contributed by atoms with Crippen molar-refractivity contribution in [1.29, 1.82) is 0 Å². The van der Waals surface area contributed by atoms with Gasteiger partial charge in [0.05, 0.1) is 13.7 Å². The molecule has 9 heteroatoms. The van der Waals surface area contributed by atoms with Crippen molar-refractivity contribution in [3.8, 4) is 0 Å². The van der Waals surface area contributed by atoms with Crippen molar-refractivity contribution in [2.45, 2.75) is 58.1 Å². The van der Waals surface area contributed by atoms with Gasteiger partial charge in [0.25, 0.3) is 0 Å². The molecule has 1 aliphatic rings. The topological polar surface area (TPSA) is 75.2 Å². The van der Waals surface area contributed by atoms with E-state index in [4.69, 9.17) is 13.6 Å². The van der Waals surface area contributed by atoms with E-state index < -0.39 is 18.7 Å². The summed E-state index contributed by atoms with van der Waals surface area (Å²) in [5, 5.41) is 0. The van der Waals surface area contributed by atoms with Crippen LogP contribution in [0.1, 0.15) is 50.6 Å². The lowest BCUT2D eigenvalue weighted by molar-refractivity contribution is -0.142. The van der Waals surface area contributed by atoms with Crippen molar-refractivity contribution in [2.24, 2.45) is 5.92 Å². The SMILES string of the molecule is [2H]C([2H])([2H])N(C[C@H]1CC[C@H](N(CCN(C)C(=O)OC(C)(C)C)CC(=O)OC)CC1)c1ccc(I)cn1. The molecule has 1 amide bonds. The lowest BCUT2D eigenvalue weighted by atomic mass is 9.85. The first-order chi connectivity index (χ1) is 16.7. The average Bonchev–Trinajstić information content (AvgIpc) is 2.79. The zero-order valence-corrected chi connectivity index (χ0v) is 22.5. The fourth-order valence-corrected chi connectivity index (χ4v) is 4.22. The highest BCUT2D eigenvalue weighted by Gasteiger charge is 2.29. The van der Waals surface area contributed by atoms with Crippen LogP contribution in [-0.2, 0) is 14.3 Å². The van der Waals surface area contributed by atoms with Gasteiger partial charge in [0.2, 0.25) is 0 Å². The Morgan fingerprint density at radius 3 is 2.45 bits per heavy atom. The maximum Gasteiger partial charge on any atom is 0.410 e. The van der Waals surface area contributed by atoms with Crippen LogP contribution in [0.4, 0.5) is 10.6 Å². The van der Waals surface area contributed by atoms with Crippen molar-refractivity contribution in [2.75, 3.05) is 52.2 Å². The number of hydrogen-bond acceptors (Lipinski definition) is 7. The van der Waals surface area contributed by atoms with Crippen molar-refractivity contribution in [1.82, 2.24) is 14.8 Å². The van der Waals surface area contributed by atoms with Crippen LogP contribution in [0.25, 0.3) is 0 Å². The molecule has 8 nitrogen and oxygen atoms in total. The Bertz CT molecular complexity index is 856. The van der Waals surface area contributed by atoms with E-state index in [-0.39, 0.29) is 24.5 Å². The second-order valence-electron chi connectivity index (χ2n) is 9.57. The number of hydrogen-bond donors (Lipinski definition) is 0. The summed E-state index contributed by atoms with van der Waals surface area (Å²) < 4.78 is 35.3. The normalized spacial score (nSPS) is 20.4. The molecule has 0 saturated heterocycles. The number of nitrogens with zero attached hydrogens (tertiary/aromatic N) is 4. The van der Waals surface area contributed by atoms with E-state index in [0.717, 1.165) is 29.3 Å². The Morgan fingerprint density at radius 1 is 1.21 bits per heavy atom. The zero-order valence-electron chi connectivity index (χ0n) is 23.3. The number of carbonyl (C=O) groups excluding carboxylic acids is 2. The predicted octanol–water partition coefficient (Wildman–Crippen LogP) is 4.02. The van der Waals surface area contributed by atoms with Crippen LogP contribution in [0, 0.1) is 9.49 Å². The Labute approximate surface area is 216 Å². The minimum Gasteiger partial charge on any atom is -0.468 e. The molecule has 0 aliphatic heterocycles. The number of halogens is 1. The molecule has 0 bridgehead atoms. The largest absolute Gasteiger partial charge is 0.468 e. The van der Waals surface area contributed by atoms with E-state index in [2.05, 4.69) is 32.5 Å². The molecular formula is C24H39IN4O4. The van der Waals surface area contributed by atoms with Crippen LogP contribution < -0.4 is 4.90 Å². The molecule has 0 radical (unpaired) electrons. The lowest BCUT2D eigenvalue weighted by Gasteiger charge is -2.38. The van der Waals surface area contributed by atoms with Crippen LogP contribution in [0.2, 0.25) is 0 Å². The number of likely N-dealkylation sites (N-methyl/N-ethyl adjacent to an activating group) is 1. The van der Waals surface area contributed by atoms with Gasteiger partial charge in [-0.15, -0.1) is 0 Å². The fourth-order valence-electron chi connectivity index (χ4n) is 3.90. The number of amides is 1. The van der Waals surface area contributed by atoms with E-state index >= 15 is 0 Å². The number of aromatic nitrogens is 1. The summed E-state index contributed by atoms with van der Waals surface area (Å²) in [6, 6.07) is 3.75. The lowest BCUT2D eigenvalue weighted by Crippen LogP contribution is -2.46. The van der Waals surface area contributed by atoms with Gasteiger partial charge < -0.3 is 19.3 Å². The minimum atomic E-state index is -2.28. The number of pyridine rings is 1. The van der Waals surface area contributed by atoms with Gasteiger partial charge in [-0.3, -0.25) is 9.69 Å². The summed E-state index contributed by atoms with van der Waals surface area (Å²) in [4.78, 5) is 33.7. The number of rotatable bonds is 9. The van der Waals surface area contributed by atoms with Crippen LogP contribution in [0.15, 0.2) is 18.3 Å². The Balaban J connectivity index is 1.99. The molecule has 2 rings (SSSR count). The smallest absolute Gasteiger partial charge is 0.410 e. The quantitative estimate of drug-likeness (QED) is 0.324. The van der Waals surface area contributed by atoms with Crippen molar-refractivity contribution >= 4 is 40.5 Å². The molecule has 186 valence electrons. The van der Waals surface area contributed by atoms with Gasteiger partial charge in [-0.1, -0.05) is 0 Å². The highest BCUT2D eigenvalue weighted by molar-refractivity contribution is 14.1. The first kappa shape index (κ1) is 23.1. The summed E-state index contributed by atoms with van der Waals surface area (Å²) in [7, 11) is 3.05. The van der Waals surface area contributed by atoms with Crippen LogP contribution in [0.5, 0.6) is 0 Å². The summed E-state index contributed by atoms with van der Waals surface area (Å²) in [5.74, 6) is 0.331. The molecular weight excluding hydrogens is 535 g/mol. The van der Waals surface area contributed by atoms with Crippen molar-refractivity contribution in [3.05, 3.63) is 21.9 Å². The molecule has 0 spiro atoms. The molecule has 1 aromatic rings. The number of methoxy groups -OCH3 is 1. The fraction of sp³-hybridized carbons (Fsp3) is 0.708. The maximum atomic E-state index is 12.3. The van der Waals surface area contributed by atoms with Gasteiger partial charge in [-0.05, 0) is 87.1 Å². The van der Waals surface area contributed by atoms with Gasteiger partial charge in [-0.25, -0.2) is 9.78 Å². The second kappa shape index (κ2) is 12.7. The van der Waals surface area contributed by atoms with Crippen molar-refractivity contribution in [3.63, 3.8) is 0 Å². The Morgan fingerprint density at radius 2 is 1.91 bits per heavy atom. The third-order valence-corrected chi connectivity index (χ3v) is 6.39. The monoisotopic (exact) mass is 577 g/mol. The molecule has 33 heavy (non-hydrogen) atoms. The standard InChI is InChI=1S/C24H39IN4O4/c1-24(2,3)33-23(31)27(4)13-14-29(17-22(30)32-6)20-10-7-18(8-11-20)16-28(5)21-12-9-19(25)15-26-21/h9,12,15,18,20H,7-8,10-11,13-14,16-17H2,1-6H3/t18-,20-/i5D3. The van der Waals surface area contributed by atoms with E-state index in [0.29, 0.717) is 25.5 Å². The highest BCUT2D eigenvalue weighted by atomic mass is 127. The highest BCUT2D eigenvalue weighted by Crippen LogP contribution is 2.29. The number of ether oxygens (including phenoxy) is 2. The third-order valence-electron chi connectivity index (χ3n) is 5.75. The summed E-state index contributed by atoms with van der Waals surface area (Å²) in [5.41, 5.74) is -0.578. The van der Waals surface area contributed by atoms with E-state index in [1.807, 2.05) is 26.8 Å². The summed E-state index contributed by atoms with van der Waals surface area (Å²) in [6.07, 6.45) is 4.59. The molecule has 0 aromatic carbocycles. The molecule has 1 fully saturated rings. The van der Waals surface area contributed by atoms with Gasteiger partial charge in [-0.2, -0.15) is 0 Å². The molecule has 0 N–H and O–H groups in total. The van der Waals surface area contributed by atoms with E-state index in [9.17, 15) is 9.59 Å². The average molecular weight is 578 g/mol. The van der Waals surface area contributed by atoms with Crippen LogP contribution >= 0.6 is 22.6 Å². The number of carbonyl (C=O) groups is 2. The number of esters is 1. The molecule has 1 aliphatic carbocycles. The van der Waals surface area contributed by atoms with Gasteiger partial charge >= 0.3 is 12.1 Å². The third kappa shape index (κ3) is 9.64. The van der Waals surface area contributed by atoms with Crippen molar-refractivity contribution < 1.29 is 23.2 Å². The molecule has 1 heterocycles. The van der Waals surface area contributed by atoms with Gasteiger partial charge in [0.15, 0.2) is 0 Å². The Kier molecular flexibility index (Phi) is 8.93. The maximum absolute atomic E-state index is 12.3. The second-order valence-corrected chi connectivity index (χ2v) is 10.8. The number of anilines is 1. The van der Waals surface area contributed by atoms with Crippen LogP contribution in [-0.4, -0.2) is 85.8 Å². The Hall–Kier alpha value is -1.62. The first-order valence-corrected chi connectivity index (χ1v) is 12.4. The molecule has 0 unspecified atom stereocenters. The van der Waals surface area contributed by atoms with E-state index in [1.165, 1.54) is 16.9 Å². The van der Waals surface area contributed by atoms with E-state index in [1.54, 1.807) is 19.3 Å². The molecule has 1 aromatic heterocycles. The zero-order chi connectivity index (χ0) is 27.1. The van der Waals surface area contributed by atoms with Gasteiger partial charge in [0.1, 0.15) is 11.4 Å². The predicted molar refractivity (Wildman–Crippen MR) is 138 cm³/mol. The van der Waals surface area contributed by atoms with Crippen LogP contribution in [0.3, 0.4) is 0 Å². The summed E-state index contributed by atoms with van der Waals surface area (Å²) >= 11 is 2.15. The van der Waals surface area contributed by atoms with Gasteiger partial charge in [0, 0.05) is 53.6 Å². The summed E-state index contributed by atoms with van der Waals surface area (Å²) in [6.45, 7) is 4.65. The molecule has 1 saturated carbocycles.